The highest BCUT2D eigenvalue weighted by molar-refractivity contribution is 7.17. The van der Waals surface area contributed by atoms with E-state index in [-0.39, 0.29) is 11.7 Å². The predicted molar refractivity (Wildman–Crippen MR) is 97.6 cm³/mol. The highest BCUT2D eigenvalue weighted by atomic mass is 32.1. The van der Waals surface area contributed by atoms with Crippen LogP contribution in [-0.4, -0.2) is 22.3 Å². The molecule has 3 heterocycles. The maximum Gasteiger partial charge on any atom is 0.262 e. The number of rotatable bonds is 3. The largest absolute Gasteiger partial charge is 0.376 e. The normalized spacial score (nSPS) is 18.1. The minimum absolute atomic E-state index is 0.0333. The van der Waals surface area contributed by atoms with Crippen molar-refractivity contribution in [1.29, 1.82) is 0 Å². The molecule has 1 aromatic carbocycles. The van der Waals surface area contributed by atoms with Crippen molar-refractivity contribution in [1.82, 2.24) is 9.55 Å². The van der Waals surface area contributed by atoms with E-state index < -0.39 is 0 Å². The smallest absolute Gasteiger partial charge is 0.262 e. The Morgan fingerprint density at radius 1 is 1.29 bits per heavy atom. The van der Waals surface area contributed by atoms with Crippen LogP contribution in [0.5, 0.6) is 0 Å². The molecule has 0 saturated carbocycles. The monoisotopic (exact) mass is 340 g/mol. The molecule has 0 amide bonds. The molecule has 1 aliphatic rings. The number of hydrogen-bond acceptors (Lipinski definition) is 4. The Kier molecular flexibility index (Phi) is 4.21. The summed E-state index contributed by atoms with van der Waals surface area (Å²) >= 11 is 1.53. The second-order valence-corrected chi connectivity index (χ2v) is 7.24. The highest BCUT2D eigenvalue weighted by Gasteiger charge is 2.18. The van der Waals surface area contributed by atoms with Crippen LogP contribution in [0, 0.1) is 6.92 Å². The van der Waals surface area contributed by atoms with E-state index in [1.807, 2.05) is 5.38 Å². The van der Waals surface area contributed by atoms with E-state index in [4.69, 9.17) is 4.74 Å². The molecule has 0 radical (unpaired) electrons. The number of aromatic nitrogens is 2. The van der Waals surface area contributed by atoms with Crippen LogP contribution in [0.2, 0.25) is 0 Å². The number of fused-ring (bicyclic) bond motifs is 1. The Morgan fingerprint density at radius 2 is 2.12 bits per heavy atom. The van der Waals surface area contributed by atoms with Gasteiger partial charge in [0.15, 0.2) is 0 Å². The van der Waals surface area contributed by atoms with Gasteiger partial charge in [0.1, 0.15) is 4.83 Å². The van der Waals surface area contributed by atoms with Gasteiger partial charge in [0, 0.05) is 17.6 Å². The van der Waals surface area contributed by atoms with Crippen molar-refractivity contribution >= 4 is 21.6 Å². The van der Waals surface area contributed by atoms with E-state index in [1.165, 1.54) is 23.3 Å². The van der Waals surface area contributed by atoms with Crippen LogP contribution in [0.25, 0.3) is 21.3 Å². The van der Waals surface area contributed by atoms with Crippen LogP contribution >= 0.6 is 11.3 Å². The molecule has 1 saturated heterocycles. The minimum atomic E-state index is 0.0333. The van der Waals surface area contributed by atoms with Crippen molar-refractivity contribution in [3.63, 3.8) is 0 Å². The van der Waals surface area contributed by atoms with Gasteiger partial charge in [-0.05, 0) is 31.7 Å². The fourth-order valence-electron chi connectivity index (χ4n) is 3.21. The first kappa shape index (κ1) is 15.5. The third kappa shape index (κ3) is 2.89. The van der Waals surface area contributed by atoms with Gasteiger partial charge in [0.05, 0.1) is 24.4 Å². The van der Waals surface area contributed by atoms with Gasteiger partial charge < -0.3 is 4.74 Å². The summed E-state index contributed by atoms with van der Waals surface area (Å²) in [5, 5.41) is 2.76. The summed E-state index contributed by atoms with van der Waals surface area (Å²) in [5.74, 6) is 0. The first-order chi connectivity index (χ1) is 11.7. The number of hydrogen-bond donors (Lipinski definition) is 0. The van der Waals surface area contributed by atoms with E-state index >= 15 is 0 Å². The van der Waals surface area contributed by atoms with E-state index in [0.29, 0.717) is 6.54 Å². The van der Waals surface area contributed by atoms with Crippen molar-refractivity contribution in [2.45, 2.75) is 38.8 Å². The van der Waals surface area contributed by atoms with Crippen molar-refractivity contribution in [3.8, 4) is 11.1 Å². The molecule has 124 valence electrons. The Bertz CT molecular complexity index is 905. The molecule has 0 aliphatic carbocycles. The van der Waals surface area contributed by atoms with Gasteiger partial charge in [0.2, 0.25) is 0 Å². The van der Waals surface area contributed by atoms with Gasteiger partial charge in [-0.3, -0.25) is 9.36 Å². The van der Waals surface area contributed by atoms with Gasteiger partial charge in [-0.15, -0.1) is 11.3 Å². The molecule has 4 nitrogen and oxygen atoms in total. The molecule has 5 heteroatoms. The summed E-state index contributed by atoms with van der Waals surface area (Å²) in [6.07, 6.45) is 5.08. The lowest BCUT2D eigenvalue weighted by Gasteiger charge is -2.23. The van der Waals surface area contributed by atoms with E-state index in [2.05, 4.69) is 36.2 Å². The zero-order valence-corrected chi connectivity index (χ0v) is 14.5. The van der Waals surface area contributed by atoms with Crippen LogP contribution in [0.3, 0.4) is 0 Å². The van der Waals surface area contributed by atoms with Crippen molar-refractivity contribution < 1.29 is 4.74 Å². The molecular formula is C19H20N2O2S. The van der Waals surface area contributed by atoms with E-state index in [1.54, 1.807) is 10.9 Å². The summed E-state index contributed by atoms with van der Waals surface area (Å²) < 4.78 is 7.48. The molecule has 0 bridgehead atoms. The third-order valence-electron chi connectivity index (χ3n) is 4.60. The predicted octanol–water partition coefficient (Wildman–Crippen LogP) is 4.00. The molecule has 1 atom stereocenters. The van der Waals surface area contributed by atoms with E-state index in [0.717, 1.165) is 40.8 Å². The van der Waals surface area contributed by atoms with Crippen LogP contribution in [0.15, 0.2) is 40.8 Å². The summed E-state index contributed by atoms with van der Waals surface area (Å²) in [5.41, 5.74) is 3.29. The topological polar surface area (TPSA) is 44.1 Å². The Labute approximate surface area is 144 Å². The van der Waals surface area contributed by atoms with Crippen molar-refractivity contribution in [3.05, 3.63) is 51.9 Å². The minimum Gasteiger partial charge on any atom is -0.376 e. The first-order valence-electron chi connectivity index (χ1n) is 8.37. The Hall–Kier alpha value is -1.98. The van der Waals surface area contributed by atoms with E-state index in [9.17, 15) is 4.79 Å². The number of benzene rings is 1. The number of nitrogens with zero attached hydrogens (tertiary/aromatic N) is 2. The summed E-state index contributed by atoms with van der Waals surface area (Å²) in [7, 11) is 0. The molecule has 24 heavy (non-hydrogen) atoms. The van der Waals surface area contributed by atoms with Gasteiger partial charge in [-0.2, -0.15) is 0 Å². The Balaban J connectivity index is 1.75. The average molecular weight is 340 g/mol. The molecule has 0 unspecified atom stereocenters. The number of thiophene rings is 1. The lowest BCUT2D eigenvalue weighted by molar-refractivity contribution is 0.00536. The fourth-order valence-corrected chi connectivity index (χ4v) is 4.12. The van der Waals surface area contributed by atoms with Crippen LogP contribution in [0.4, 0.5) is 0 Å². The summed E-state index contributed by atoms with van der Waals surface area (Å²) in [4.78, 5) is 18.3. The molecular weight excluding hydrogens is 320 g/mol. The van der Waals surface area contributed by atoms with Crippen LogP contribution in [0.1, 0.15) is 24.8 Å². The molecule has 0 N–H and O–H groups in total. The molecule has 2 aromatic heterocycles. The molecule has 4 rings (SSSR count). The maximum atomic E-state index is 13.0. The van der Waals surface area contributed by atoms with Gasteiger partial charge in [0.25, 0.3) is 5.56 Å². The second-order valence-electron chi connectivity index (χ2n) is 6.39. The molecule has 3 aromatic rings. The van der Waals surface area contributed by atoms with Gasteiger partial charge in [-0.1, -0.05) is 29.8 Å². The van der Waals surface area contributed by atoms with Crippen molar-refractivity contribution in [2.75, 3.05) is 6.61 Å². The first-order valence-corrected chi connectivity index (χ1v) is 9.25. The quantitative estimate of drug-likeness (QED) is 0.724. The van der Waals surface area contributed by atoms with Crippen LogP contribution in [-0.2, 0) is 11.3 Å². The lowest BCUT2D eigenvalue weighted by atomic mass is 10.0. The SMILES string of the molecule is Cc1ccc(-c2csc3ncn(C[C@@H]4CCCCO4)c(=O)c23)cc1. The zero-order valence-electron chi connectivity index (χ0n) is 13.7. The third-order valence-corrected chi connectivity index (χ3v) is 5.48. The zero-order chi connectivity index (χ0) is 16.5. The summed E-state index contributed by atoms with van der Waals surface area (Å²) in [6, 6.07) is 8.28. The molecule has 1 aliphatic heterocycles. The number of ether oxygens (including phenoxy) is 1. The fraction of sp³-hybridized carbons (Fsp3) is 0.368. The molecule has 1 fully saturated rings. The maximum absolute atomic E-state index is 13.0. The highest BCUT2D eigenvalue weighted by Crippen LogP contribution is 2.30. The average Bonchev–Trinajstić information content (AvgIpc) is 3.04. The van der Waals surface area contributed by atoms with Crippen molar-refractivity contribution in [2.24, 2.45) is 0 Å². The second kappa shape index (κ2) is 6.49. The van der Waals surface area contributed by atoms with Gasteiger partial charge >= 0.3 is 0 Å². The standard InChI is InChI=1S/C19H20N2O2S/c1-13-5-7-14(8-6-13)16-11-24-18-17(16)19(22)21(12-20-18)10-15-4-2-3-9-23-15/h5-8,11-12,15H,2-4,9-10H2,1H3/t15-/m0/s1. The molecule has 0 spiro atoms. The Morgan fingerprint density at radius 3 is 2.88 bits per heavy atom. The number of aryl methyl sites for hydroxylation is 1. The van der Waals surface area contributed by atoms with Gasteiger partial charge in [-0.25, -0.2) is 4.98 Å². The van der Waals surface area contributed by atoms with Crippen LogP contribution < -0.4 is 5.56 Å². The summed E-state index contributed by atoms with van der Waals surface area (Å²) in [6.45, 7) is 3.45. The lowest BCUT2D eigenvalue weighted by Crippen LogP contribution is -2.30.